The third-order valence-corrected chi connectivity index (χ3v) is 4.45. The van der Waals surface area contributed by atoms with Gasteiger partial charge in [0.05, 0.1) is 10.0 Å². The molecule has 0 aromatic heterocycles. The maximum absolute atomic E-state index is 6.43. The first-order valence-corrected chi connectivity index (χ1v) is 6.95. The lowest BCUT2D eigenvalue weighted by atomic mass is 9.75. The van der Waals surface area contributed by atoms with Gasteiger partial charge in [-0.05, 0) is 17.2 Å². The predicted octanol–water partition coefficient (Wildman–Crippen LogP) is 4.97. The normalized spacial score (nSPS) is 13.3. The molecule has 2 rings (SSSR count). The van der Waals surface area contributed by atoms with Crippen LogP contribution in [0.5, 0.6) is 0 Å². The highest BCUT2D eigenvalue weighted by Crippen LogP contribution is 2.39. The lowest BCUT2D eigenvalue weighted by molar-refractivity contribution is 0.421. The van der Waals surface area contributed by atoms with Crippen LogP contribution in [-0.4, -0.2) is 0 Å². The van der Waals surface area contributed by atoms with Crippen LogP contribution in [-0.2, 0) is 5.41 Å². The number of halogens is 2. The van der Waals surface area contributed by atoms with Gasteiger partial charge in [0.25, 0.3) is 0 Å². The fraction of sp³-hybridized carbons (Fsp3) is 0.250. The highest BCUT2D eigenvalue weighted by molar-refractivity contribution is 6.42. The van der Waals surface area contributed by atoms with Gasteiger partial charge in [-0.3, -0.25) is 0 Å². The molecule has 0 aliphatic rings. The molecule has 2 aromatic carbocycles. The van der Waals surface area contributed by atoms with Crippen molar-refractivity contribution in [2.75, 3.05) is 0 Å². The first-order valence-electron chi connectivity index (χ1n) is 6.19. The average molecular weight is 294 g/mol. The van der Waals surface area contributed by atoms with Crippen molar-refractivity contribution < 1.29 is 0 Å². The number of hydrogen-bond donors (Lipinski definition) is 1. The summed E-state index contributed by atoms with van der Waals surface area (Å²) < 4.78 is 0. The Morgan fingerprint density at radius 1 is 0.947 bits per heavy atom. The van der Waals surface area contributed by atoms with Crippen molar-refractivity contribution in [1.29, 1.82) is 0 Å². The Morgan fingerprint density at radius 3 is 2.21 bits per heavy atom. The summed E-state index contributed by atoms with van der Waals surface area (Å²) in [7, 11) is 0. The van der Waals surface area contributed by atoms with Crippen LogP contribution < -0.4 is 5.73 Å². The van der Waals surface area contributed by atoms with Gasteiger partial charge < -0.3 is 5.73 Å². The summed E-state index contributed by atoms with van der Waals surface area (Å²) >= 11 is 12.3. The second kappa shape index (κ2) is 5.54. The van der Waals surface area contributed by atoms with E-state index in [1.165, 1.54) is 5.56 Å². The molecule has 0 aliphatic carbocycles. The van der Waals surface area contributed by atoms with Crippen molar-refractivity contribution in [2.45, 2.75) is 25.3 Å². The molecular weight excluding hydrogens is 277 g/mol. The van der Waals surface area contributed by atoms with Crippen molar-refractivity contribution in [3.8, 4) is 0 Å². The number of benzene rings is 2. The van der Waals surface area contributed by atoms with E-state index in [4.69, 9.17) is 28.9 Å². The molecular formula is C16H17Cl2N. The molecule has 0 saturated heterocycles. The Labute approximate surface area is 124 Å². The monoisotopic (exact) mass is 293 g/mol. The molecule has 1 nitrogen and oxygen atoms in total. The zero-order valence-corrected chi connectivity index (χ0v) is 12.5. The average Bonchev–Trinajstić information content (AvgIpc) is 2.42. The second-order valence-corrected chi connectivity index (χ2v) is 5.99. The van der Waals surface area contributed by atoms with Crippen LogP contribution in [0.15, 0.2) is 48.5 Å². The van der Waals surface area contributed by atoms with Crippen LogP contribution in [0.25, 0.3) is 0 Å². The van der Waals surface area contributed by atoms with Crippen LogP contribution >= 0.6 is 23.2 Å². The van der Waals surface area contributed by atoms with E-state index in [-0.39, 0.29) is 11.5 Å². The summed E-state index contributed by atoms with van der Waals surface area (Å²) in [5.41, 5.74) is 8.26. The van der Waals surface area contributed by atoms with Gasteiger partial charge in [0.1, 0.15) is 0 Å². The minimum atomic E-state index is -0.227. The van der Waals surface area contributed by atoms with E-state index in [9.17, 15) is 0 Å². The van der Waals surface area contributed by atoms with E-state index < -0.39 is 0 Å². The van der Waals surface area contributed by atoms with Crippen molar-refractivity contribution in [3.63, 3.8) is 0 Å². The molecule has 1 unspecified atom stereocenters. The van der Waals surface area contributed by atoms with Gasteiger partial charge in [0.2, 0.25) is 0 Å². The van der Waals surface area contributed by atoms with Crippen LogP contribution in [0.2, 0.25) is 10.0 Å². The minimum absolute atomic E-state index is 0.221. The molecule has 0 spiro atoms. The molecule has 1 atom stereocenters. The Morgan fingerprint density at radius 2 is 1.58 bits per heavy atom. The van der Waals surface area contributed by atoms with Crippen molar-refractivity contribution in [3.05, 3.63) is 69.7 Å². The summed E-state index contributed by atoms with van der Waals surface area (Å²) in [5.74, 6) is 0. The minimum Gasteiger partial charge on any atom is -0.323 e. The van der Waals surface area contributed by atoms with E-state index in [2.05, 4.69) is 26.0 Å². The molecule has 3 heteroatoms. The summed E-state index contributed by atoms with van der Waals surface area (Å²) in [6.07, 6.45) is 0. The number of hydrogen-bond acceptors (Lipinski definition) is 1. The van der Waals surface area contributed by atoms with Gasteiger partial charge in [0, 0.05) is 11.5 Å². The lowest BCUT2D eigenvalue weighted by Gasteiger charge is -2.33. The van der Waals surface area contributed by atoms with Crippen LogP contribution in [0.1, 0.15) is 31.0 Å². The highest BCUT2D eigenvalue weighted by atomic mass is 35.5. The van der Waals surface area contributed by atoms with Gasteiger partial charge in [-0.1, -0.05) is 79.5 Å². The first-order chi connectivity index (χ1) is 8.94. The molecule has 0 amide bonds. The third-order valence-electron chi connectivity index (χ3n) is 3.61. The van der Waals surface area contributed by atoms with Crippen LogP contribution in [0, 0.1) is 0 Å². The van der Waals surface area contributed by atoms with E-state index in [1.54, 1.807) is 6.07 Å². The fourth-order valence-electron chi connectivity index (χ4n) is 2.20. The molecule has 19 heavy (non-hydrogen) atoms. The molecule has 2 N–H and O–H groups in total. The standard InChI is InChI=1S/C16H17Cl2N/c1-16(2,11-7-4-3-5-8-11)15(19)12-9-6-10-13(17)14(12)18/h3-10,15H,19H2,1-2H3. The molecule has 0 fully saturated rings. The molecule has 0 radical (unpaired) electrons. The van der Waals surface area contributed by atoms with Gasteiger partial charge in [-0.15, -0.1) is 0 Å². The highest BCUT2D eigenvalue weighted by Gasteiger charge is 2.31. The topological polar surface area (TPSA) is 26.0 Å². The molecule has 0 saturated carbocycles. The van der Waals surface area contributed by atoms with Gasteiger partial charge in [-0.2, -0.15) is 0 Å². The smallest absolute Gasteiger partial charge is 0.0640 e. The Balaban J connectivity index is 2.43. The molecule has 100 valence electrons. The number of nitrogens with two attached hydrogens (primary N) is 1. The Bertz CT molecular complexity index is 564. The summed E-state index contributed by atoms with van der Waals surface area (Å²) in [6.45, 7) is 4.23. The van der Waals surface area contributed by atoms with Crippen LogP contribution in [0.3, 0.4) is 0 Å². The zero-order valence-electron chi connectivity index (χ0n) is 11.0. The third kappa shape index (κ3) is 2.79. The Kier molecular flexibility index (Phi) is 4.19. The largest absolute Gasteiger partial charge is 0.323 e. The maximum Gasteiger partial charge on any atom is 0.0640 e. The van der Waals surface area contributed by atoms with Gasteiger partial charge >= 0.3 is 0 Å². The second-order valence-electron chi connectivity index (χ2n) is 5.21. The molecule has 0 bridgehead atoms. The Hall–Kier alpha value is -1.02. The maximum atomic E-state index is 6.43. The molecule has 2 aromatic rings. The van der Waals surface area contributed by atoms with Crippen LogP contribution in [0.4, 0.5) is 0 Å². The molecule has 0 heterocycles. The first kappa shape index (κ1) is 14.4. The zero-order chi connectivity index (χ0) is 14.0. The van der Waals surface area contributed by atoms with E-state index in [0.717, 1.165) is 5.56 Å². The summed E-state index contributed by atoms with van der Waals surface area (Å²) in [4.78, 5) is 0. The summed E-state index contributed by atoms with van der Waals surface area (Å²) in [6, 6.07) is 15.6. The summed E-state index contributed by atoms with van der Waals surface area (Å²) in [5, 5.41) is 1.08. The fourth-order valence-corrected chi connectivity index (χ4v) is 2.62. The molecule has 0 aliphatic heterocycles. The predicted molar refractivity (Wildman–Crippen MR) is 82.9 cm³/mol. The van der Waals surface area contributed by atoms with Crippen molar-refractivity contribution >= 4 is 23.2 Å². The number of rotatable bonds is 3. The van der Waals surface area contributed by atoms with E-state index in [1.807, 2.05) is 30.3 Å². The van der Waals surface area contributed by atoms with E-state index in [0.29, 0.717) is 10.0 Å². The van der Waals surface area contributed by atoms with Crippen molar-refractivity contribution in [1.82, 2.24) is 0 Å². The van der Waals surface area contributed by atoms with Gasteiger partial charge in [-0.25, -0.2) is 0 Å². The van der Waals surface area contributed by atoms with E-state index >= 15 is 0 Å². The quantitative estimate of drug-likeness (QED) is 0.849. The SMILES string of the molecule is CC(C)(c1ccccc1)C(N)c1cccc(Cl)c1Cl. The van der Waals surface area contributed by atoms with Gasteiger partial charge in [0.15, 0.2) is 0 Å². The lowest BCUT2D eigenvalue weighted by Crippen LogP contribution is -2.33. The van der Waals surface area contributed by atoms with Crippen molar-refractivity contribution in [2.24, 2.45) is 5.73 Å².